The molecule has 0 aliphatic carbocycles. The van der Waals surface area contributed by atoms with Gasteiger partial charge in [-0.1, -0.05) is 44.5 Å². The molecule has 0 aromatic heterocycles. The molecule has 8 nitrogen and oxygen atoms in total. The lowest BCUT2D eigenvalue weighted by molar-refractivity contribution is -0.152. The number of rotatable bonds is 13. The molecule has 1 aromatic carbocycles. The van der Waals surface area contributed by atoms with Crippen molar-refractivity contribution in [2.24, 2.45) is 17.8 Å². The Kier molecular flexibility index (Phi) is 9.36. The molecule has 9 heteroatoms. The molecule has 1 aromatic rings. The van der Waals surface area contributed by atoms with Gasteiger partial charge in [-0.15, -0.1) is 13.2 Å². The number of nitrogens with zero attached hydrogens (tertiary/aromatic N) is 3. The topological polar surface area (TPSA) is 90.4 Å². The Labute approximate surface area is 248 Å². The van der Waals surface area contributed by atoms with Crippen LogP contribution in [-0.2, 0) is 19.1 Å². The fourth-order valence-electron chi connectivity index (χ4n) is 7.37. The Bertz CT molecular complexity index is 1170. The standard InChI is InChI=1S/C32H44ClN3O5/c1-7-16-34(17-8-2)28(38)25-26-29(39)36(24(20-37)19-21(4)5)27(32(26)15-14-31(25,6)41-32)30(40)35(18-9-3)23-12-10-22(33)11-13-23/h7,9-13,21,24-27,37H,1,3,8,14-20H2,2,4-6H3/t24-,25+,26+,27?,31-,32?/m1/s1. The molecule has 3 fully saturated rings. The molecule has 3 aliphatic rings. The first-order chi connectivity index (χ1) is 19.5. The minimum Gasteiger partial charge on any atom is -0.394 e. The molecule has 6 atom stereocenters. The van der Waals surface area contributed by atoms with Gasteiger partial charge in [0, 0.05) is 30.3 Å². The number of benzene rings is 1. The van der Waals surface area contributed by atoms with E-state index in [0.717, 1.165) is 6.42 Å². The van der Waals surface area contributed by atoms with Crippen molar-refractivity contribution >= 4 is 35.0 Å². The molecule has 3 heterocycles. The van der Waals surface area contributed by atoms with Crippen LogP contribution >= 0.6 is 11.6 Å². The van der Waals surface area contributed by atoms with Crippen molar-refractivity contribution < 1.29 is 24.2 Å². The van der Waals surface area contributed by atoms with Crippen molar-refractivity contribution in [2.45, 2.75) is 76.7 Å². The fourth-order valence-corrected chi connectivity index (χ4v) is 7.49. The Morgan fingerprint density at radius 3 is 2.39 bits per heavy atom. The molecule has 1 spiro atoms. The predicted molar refractivity (Wildman–Crippen MR) is 160 cm³/mol. The van der Waals surface area contributed by atoms with Crippen LogP contribution in [0.4, 0.5) is 5.69 Å². The van der Waals surface area contributed by atoms with E-state index in [9.17, 15) is 19.5 Å². The third kappa shape index (κ3) is 5.35. The third-order valence-corrected chi connectivity index (χ3v) is 9.18. The minimum absolute atomic E-state index is 0.146. The zero-order valence-electron chi connectivity index (χ0n) is 24.7. The minimum atomic E-state index is -1.19. The van der Waals surface area contributed by atoms with E-state index < -0.39 is 35.1 Å². The molecule has 0 saturated carbocycles. The molecule has 2 bridgehead atoms. The van der Waals surface area contributed by atoms with Gasteiger partial charge in [0.25, 0.3) is 5.91 Å². The van der Waals surface area contributed by atoms with Crippen molar-refractivity contribution in [1.29, 1.82) is 0 Å². The number of hydrogen-bond acceptors (Lipinski definition) is 5. The van der Waals surface area contributed by atoms with E-state index in [1.165, 1.54) is 0 Å². The average Bonchev–Trinajstić information content (AvgIpc) is 3.50. The van der Waals surface area contributed by atoms with E-state index in [1.807, 2.05) is 27.7 Å². The van der Waals surface area contributed by atoms with Gasteiger partial charge in [-0.2, -0.15) is 0 Å². The van der Waals surface area contributed by atoms with E-state index in [1.54, 1.807) is 51.1 Å². The van der Waals surface area contributed by atoms with Gasteiger partial charge in [-0.25, -0.2) is 0 Å². The maximum absolute atomic E-state index is 14.7. The van der Waals surface area contributed by atoms with Crippen LogP contribution < -0.4 is 4.90 Å². The summed E-state index contributed by atoms with van der Waals surface area (Å²) in [6.45, 7) is 16.4. The van der Waals surface area contributed by atoms with Crippen LogP contribution in [0.3, 0.4) is 0 Å². The second kappa shape index (κ2) is 12.3. The molecule has 0 radical (unpaired) electrons. The Morgan fingerprint density at radius 1 is 1.17 bits per heavy atom. The summed E-state index contributed by atoms with van der Waals surface area (Å²) >= 11 is 6.14. The first-order valence-electron chi connectivity index (χ1n) is 14.7. The monoisotopic (exact) mass is 585 g/mol. The number of aliphatic hydroxyl groups is 1. The largest absolute Gasteiger partial charge is 0.394 e. The Hall–Kier alpha value is -2.68. The Balaban J connectivity index is 1.85. The van der Waals surface area contributed by atoms with Crippen LogP contribution in [-0.4, -0.2) is 82.2 Å². The molecule has 3 saturated heterocycles. The maximum atomic E-state index is 14.7. The molecule has 3 amide bonds. The summed E-state index contributed by atoms with van der Waals surface area (Å²) in [4.78, 5) is 48.3. The summed E-state index contributed by atoms with van der Waals surface area (Å²) in [6, 6.07) is 5.34. The van der Waals surface area contributed by atoms with Gasteiger partial charge >= 0.3 is 0 Å². The number of likely N-dealkylation sites (tertiary alicyclic amines) is 1. The quantitative estimate of drug-likeness (QED) is 0.345. The highest BCUT2D eigenvalue weighted by Crippen LogP contribution is 2.64. The van der Waals surface area contributed by atoms with Crippen molar-refractivity contribution in [1.82, 2.24) is 9.80 Å². The summed E-state index contributed by atoms with van der Waals surface area (Å²) in [7, 11) is 0. The molecule has 1 N–H and O–H groups in total. The van der Waals surface area contributed by atoms with E-state index in [0.29, 0.717) is 43.1 Å². The van der Waals surface area contributed by atoms with E-state index >= 15 is 0 Å². The van der Waals surface area contributed by atoms with Gasteiger partial charge in [-0.05, 0) is 62.8 Å². The second-order valence-electron chi connectivity index (χ2n) is 12.2. The summed E-state index contributed by atoms with van der Waals surface area (Å²) < 4.78 is 6.82. The summed E-state index contributed by atoms with van der Waals surface area (Å²) in [5.41, 5.74) is -1.46. The number of anilines is 1. The fraction of sp³-hybridized carbons (Fsp3) is 0.594. The van der Waals surface area contributed by atoms with Gasteiger partial charge in [0.05, 0.1) is 30.1 Å². The van der Waals surface area contributed by atoms with Crippen molar-refractivity contribution in [3.8, 4) is 0 Å². The van der Waals surface area contributed by atoms with Crippen molar-refractivity contribution in [3.63, 3.8) is 0 Å². The first kappa shape index (κ1) is 31.3. The number of carbonyl (C=O) groups excluding carboxylic acids is 3. The van der Waals surface area contributed by atoms with Crippen LogP contribution in [0.5, 0.6) is 0 Å². The second-order valence-corrected chi connectivity index (χ2v) is 12.7. The summed E-state index contributed by atoms with van der Waals surface area (Å²) in [5, 5.41) is 11.1. The number of carbonyl (C=O) groups is 3. The van der Waals surface area contributed by atoms with Gasteiger partial charge in [-0.3, -0.25) is 14.4 Å². The molecule has 224 valence electrons. The molecule has 41 heavy (non-hydrogen) atoms. The number of halogens is 1. The molecular formula is C32H44ClN3O5. The highest BCUT2D eigenvalue weighted by atomic mass is 35.5. The maximum Gasteiger partial charge on any atom is 0.253 e. The molecule has 2 unspecified atom stereocenters. The van der Waals surface area contributed by atoms with E-state index in [-0.39, 0.29) is 36.8 Å². The lowest BCUT2D eigenvalue weighted by atomic mass is 9.66. The van der Waals surface area contributed by atoms with Crippen LogP contribution in [0.2, 0.25) is 5.02 Å². The first-order valence-corrected chi connectivity index (χ1v) is 15.1. The third-order valence-electron chi connectivity index (χ3n) is 8.93. The Morgan fingerprint density at radius 2 is 1.83 bits per heavy atom. The zero-order valence-corrected chi connectivity index (χ0v) is 25.5. The lowest BCUT2D eigenvalue weighted by Crippen LogP contribution is -2.59. The number of amides is 3. The highest BCUT2D eigenvalue weighted by molar-refractivity contribution is 6.30. The van der Waals surface area contributed by atoms with Crippen LogP contribution in [0.1, 0.15) is 53.4 Å². The number of hydrogen-bond donors (Lipinski definition) is 1. The smallest absolute Gasteiger partial charge is 0.253 e. The van der Waals surface area contributed by atoms with Gasteiger partial charge in [0.15, 0.2) is 0 Å². The summed E-state index contributed by atoms with van der Waals surface area (Å²) in [5.74, 6) is -2.17. The van der Waals surface area contributed by atoms with Crippen LogP contribution in [0, 0.1) is 17.8 Å². The number of fused-ring (bicyclic) bond motifs is 1. The zero-order chi connectivity index (χ0) is 30.1. The predicted octanol–water partition coefficient (Wildman–Crippen LogP) is 4.46. The average molecular weight is 586 g/mol. The van der Waals surface area contributed by atoms with Crippen molar-refractivity contribution in [3.05, 3.63) is 54.6 Å². The molecule has 3 aliphatic heterocycles. The SMILES string of the molecule is C=CCN(CCC)C(=O)[C@@H]1[C@H]2C(=O)N([C@@H](CO)CC(C)C)C(C(=O)N(CC=C)c3ccc(Cl)cc3)C23CC[C@@]1(C)O3. The molecular weight excluding hydrogens is 542 g/mol. The van der Waals surface area contributed by atoms with Gasteiger partial charge < -0.3 is 24.5 Å². The highest BCUT2D eigenvalue weighted by Gasteiger charge is 2.78. The van der Waals surface area contributed by atoms with E-state index in [2.05, 4.69) is 13.2 Å². The van der Waals surface area contributed by atoms with Gasteiger partial charge in [0.2, 0.25) is 11.8 Å². The summed E-state index contributed by atoms with van der Waals surface area (Å²) in [6.07, 6.45) is 5.62. The van der Waals surface area contributed by atoms with Gasteiger partial charge in [0.1, 0.15) is 11.6 Å². The van der Waals surface area contributed by atoms with Crippen molar-refractivity contribution in [2.75, 3.05) is 31.1 Å². The van der Waals surface area contributed by atoms with Crippen LogP contribution in [0.15, 0.2) is 49.6 Å². The number of ether oxygens (including phenoxy) is 1. The molecule has 4 rings (SSSR count). The van der Waals surface area contributed by atoms with E-state index in [4.69, 9.17) is 16.3 Å². The lowest BCUT2D eigenvalue weighted by Gasteiger charge is -2.40. The van der Waals surface area contributed by atoms with Crippen LogP contribution in [0.25, 0.3) is 0 Å². The number of aliphatic hydroxyl groups excluding tert-OH is 1. The normalized spacial score (nSPS) is 29.0.